The summed E-state index contributed by atoms with van der Waals surface area (Å²) in [5.74, 6) is 0.825. The van der Waals surface area contributed by atoms with Gasteiger partial charge in [-0.1, -0.05) is 0 Å². The Morgan fingerprint density at radius 1 is 1.54 bits per heavy atom. The highest BCUT2D eigenvalue weighted by Gasteiger charge is 2.19. The number of nitro groups is 1. The number of ether oxygens (including phenoxy) is 1. The lowest BCUT2D eigenvalue weighted by Crippen LogP contribution is -1.91. The van der Waals surface area contributed by atoms with Crippen molar-refractivity contribution in [3.63, 3.8) is 0 Å². The van der Waals surface area contributed by atoms with Crippen LogP contribution in [-0.2, 0) is 6.42 Å². The average molecular weight is 179 g/mol. The van der Waals surface area contributed by atoms with Gasteiger partial charge in [-0.05, 0) is 12.5 Å². The van der Waals surface area contributed by atoms with E-state index in [1.807, 2.05) is 6.92 Å². The molecule has 0 fully saturated rings. The lowest BCUT2D eigenvalue weighted by molar-refractivity contribution is -0.385. The highest BCUT2D eigenvalue weighted by molar-refractivity contribution is 5.51. The van der Waals surface area contributed by atoms with Crippen LogP contribution in [0.5, 0.6) is 5.75 Å². The van der Waals surface area contributed by atoms with Gasteiger partial charge in [-0.25, -0.2) is 0 Å². The van der Waals surface area contributed by atoms with Gasteiger partial charge in [-0.15, -0.1) is 0 Å². The molecule has 1 aromatic rings. The largest absolute Gasteiger partial charge is 0.493 e. The van der Waals surface area contributed by atoms with E-state index < -0.39 is 0 Å². The molecule has 0 N–H and O–H groups in total. The number of nitrogens with zero attached hydrogens (tertiary/aromatic N) is 1. The molecule has 1 aliphatic heterocycles. The molecule has 13 heavy (non-hydrogen) atoms. The Morgan fingerprint density at radius 3 is 3.00 bits per heavy atom. The van der Waals surface area contributed by atoms with Crippen molar-refractivity contribution in [3.05, 3.63) is 33.4 Å². The van der Waals surface area contributed by atoms with Crippen molar-refractivity contribution in [1.29, 1.82) is 0 Å². The van der Waals surface area contributed by atoms with Crippen molar-refractivity contribution >= 4 is 5.69 Å². The van der Waals surface area contributed by atoms with Gasteiger partial charge in [0.15, 0.2) is 0 Å². The minimum absolute atomic E-state index is 0.154. The average Bonchev–Trinajstić information content (AvgIpc) is 2.51. The number of aryl methyl sites for hydroxylation is 1. The van der Waals surface area contributed by atoms with Gasteiger partial charge in [0.05, 0.1) is 11.5 Å². The summed E-state index contributed by atoms with van der Waals surface area (Å²) in [5.41, 5.74) is 1.95. The summed E-state index contributed by atoms with van der Waals surface area (Å²) in [6.45, 7) is 2.47. The number of benzene rings is 1. The number of hydrogen-bond donors (Lipinski definition) is 0. The second-order valence-corrected chi connectivity index (χ2v) is 3.11. The molecule has 0 saturated carbocycles. The fraction of sp³-hybridized carbons (Fsp3) is 0.333. The van der Waals surface area contributed by atoms with Crippen LogP contribution in [0, 0.1) is 17.0 Å². The second kappa shape index (κ2) is 2.73. The van der Waals surface area contributed by atoms with Gasteiger partial charge in [0.1, 0.15) is 5.75 Å². The Bertz CT molecular complexity index is 373. The molecule has 1 aromatic carbocycles. The third-order valence-corrected chi connectivity index (χ3v) is 2.16. The highest BCUT2D eigenvalue weighted by Crippen LogP contribution is 2.32. The van der Waals surface area contributed by atoms with Crippen LogP contribution in [-0.4, -0.2) is 11.5 Å². The molecule has 68 valence electrons. The molecular formula is C9H9NO3. The Hall–Kier alpha value is -1.58. The topological polar surface area (TPSA) is 52.4 Å². The van der Waals surface area contributed by atoms with Crippen LogP contribution in [0.3, 0.4) is 0 Å². The van der Waals surface area contributed by atoms with E-state index in [1.54, 1.807) is 12.1 Å². The Kier molecular flexibility index (Phi) is 1.69. The molecule has 0 amide bonds. The van der Waals surface area contributed by atoms with Gasteiger partial charge >= 0.3 is 0 Å². The van der Waals surface area contributed by atoms with Gasteiger partial charge < -0.3 is 4.74 Å². The van der Waals surface area contributed by atoms with Gasteiger partial charge in [-0.2, -0.15) is 0 Å². The molecular weight excluding hydrogens is 170 g/mol. The molecule has 1 heterocycles. The van der Waals surface area contributed by atoms with Gasteiger partial charge in [0, 0.05) is 24.1 Å². The maximum atomic E-state index is 10.5. The fourth-order valence-corrected chi connectivity index (χ4v) is 1.59. The maximum absolute atomic E-state index is 10.5. The number of non-ortho nitro benzene ring substituents is 1. The first-order valence-corrected chi connectivity index (χ1v) is 4.09. The van der Waals surface area contributed by atoms with E-state index in [-0.39, 0.29) is 10.6 Å². The zero-order chi connectivity index (χ0) is 9.42. The van der Waals surface area contributed by atoms with Crippen molar-refractivity contribution in [2.24, 2.45) is 0 Å². The molecule has 4 heteroatoms. The van der Waals surface area contributed by atoms with Crippen LogP contribution in [0.4, 0.5) is 5.69 Å². The van der Waals surface area contributed by atoms with Crippen molar-refractivity contribution in [2.45, 2.75) is 13.3 Å². The van der Waals surface area contributed by atoms with Crippen molar-refractivity contribution < 1.29 is 9.66 Å². The first kappa shape index (κ1) is 8.04. The summed E-state index contributed by atoms with van der Waals surface area (Å²) in [6.07, 6.45) is 0.776. The minimum Gasteiger partial charge on any atom is -0.493 e. The Balaban J connectivity index is 2.55. The van der Waals surface area contributed by atoms with E-state index in [4.69, 9.17) is 4.74 Å². The van der Waals surface area contributed by atoms with Crippen LogP contribution in [0.1, 0.15) is 11.1 Å². The van der Waals surface area contributed by atoms with Crippen molar-refractivity contribution in [2.75, 3.05) is 6.61 Å². The zero-order valence-corrected chi connectivity index (χ0v) is 7.24. The lowest BCUT2D eigenvalue weighted by Gasteiger charge is -2.02. The number of nitro benzene ring substituents is 1. The SMILES string of the molecule is Cc1cc([N+](=O)[O-])cc2c1OCC2. The predicted molar refractivity (Wildman–Crippen MR) is 47.0 cm³/mol. The van der Waals surface area contributed by atoms with Crippen LogP contribution >= 0.6 is 0 Å². The molecule has 0 aliphatic carbocycles. The van der Waals surface area contributed by atoms with Crippen LogP contribution < -0.4 is 4.74 Å². The molecule has 0 bridgehead atoms. The molecule has 0 radical (unpaired) electrons. The standard InChI is InChI=1S/C9H9NO3/c1-6-4-8(10(11)12)5-7-2-3-13-9(6)7/h4-5H,2-3H2,1H3. The number of rotatable bonds is 1. The minimum atomic E-state index is -0.369. The van der Waals surface area contributed by atoms with E-state index >= 15 is 0 Å². The Labute approximate surface area is 75.3 Å². The first-order valence-electron chi connectivity index (χ1n) is 4.09. The number of fused-ring (bicyclic) bond motifs is 1. The lowest BCUT2D eigenvalue weighted by atomic mass is 10.1. The van der Waals surface area contributed by atoms with E-state index in [2.05, 4.69) is 0 Å². The summed E-state index contributed by atoms with van der Waals surface area (Å²) in [4.78, 5) is 10.1. The van der Waals surface area contributed by atoms with Gasteiger partial charge in [-0.3, -0.25) is 10.1 Å². The smallest absolute Gasteiger partial charge is 0.270 e. The zero-order valence-electron chi connectivity index (χ0n) is 7.24. The van der Waals surface area contributed by atoms with E-state index in [1.165, 1.54) is 0 Å². The first-order chi connectivity index (χ1) is 6.18. The molecule has 0 aromatic heterocycles. The van der Waals surface area contributed by atoms with Crippen molar-refractivity contribution in [1.82, 2.24) is 0 Å². The molecule has 0 unspecified atom stereocenters. The van der Waals surface area contributed by atoms with Crippen LogP contribution in [0.2, 0.25) is 0 Å². The fourth-order valence-electron chi connectivity index (χ4n) is 1.59. The summed E-state index contributed by atoms with van der Waals surface area (Å²) in [7, 11) is 0. The summed E-state index contributed by atoms with van der Waals surface area (Å²) >= 11 is 0. The maximum Gasteiger partial charge on any atom is 0.270 e. The second-order valence-electron chi connectivity index (χ2n) is 3.11. The molecule has 2 rings (SSSR count). The quantitative estimate of drug-likeness (QED) is 0.488. The van der Waals surface area contributed by atoms with E-state index in [0.29, 0.717) is 6.61 Å². The monoisotopic (exact) mass is 179 g/mol. The summed E-state index contributed by atoms with van der Waals surface area (Å²) in [5, 5.41) is 10.5. The van der Waals surface area contributed by atoms with Crippen molar-refractivity contribution in [3.8, 4) is 5.75 Å². The van der Waals surface area contributed by atoms with E-state index in [9.17, 15) is 10.1 Å². The molecule has 0 atom stereocenters. The summed E-state index contributed by atoms with van der Waals surface area (Å²) in [6, 6.07) is 3.14. The molecule has 1 aliphatic rings. The van der Waals surface area contributed by atoms with Crippen LogP contribution in [0.15, 0.2) is 12.1 Å². The number of hydrogen-bond acceptors (Lipinski definition) is 3. The predicted octanol–water partition coefficient (Wildman–Crippen LogP) is 1.84. The molecule has 0 spiro atoms. The van der Waals surface area contributed by atoms with Crippen LogP contribution in [0.25, 0.3) is 0 Å². The molecule has 4 nitrogen and oxygen atoms in total. The summed E-state index contributed by atoms with van der Waals surface area (Å²) < 4.78 is 5.34. The third-order valence-electron chi connectivity index (χ3n) is 2.16. The molecule has 0 saturated heterocycles. The highest BCUT2D eigenvalue weighted by atomic mass is 16.6. The Morgan fingerprint density at radius 2 is 2.31 bits per heavy atom. The van der Waals surface area contributed by atoms with Gasteiger partial charge in [0.2, 0.25) is 0 Å². The van der Waals surface area contributed by atoms with Gasteiger partial charge in [0.25, 0.3) is 5.69 Å². The normalized spacial score (nSPS) is 13.6. The third kappa shape index (κ3) is 1.24. The van der Waals surface area contributed by atoms with E-state index in [0.717, 1.165) is 23.3 Å².